The van der Waals surface area contributed by atoms with Crippen molar-refractivity contribution in [3.05, 3.63) is 59.7 Å². The monoisotopic (exact) mass is 341 g/mol. The first kappa shape index (κ1) is 16.5. The first-order valence-electron chi connectivity index (χ1n) is 7.71. The summed E-state index contributed by atoms with van der Waals surface area (Å²) in [6.07, 6.45) is 0.801. The van der Waals surface area contributed by atoms with Crippen LogP contribution in [0.4, 0.5) is 5.69 Å². The van der Waals surface area contributed by atoms with Gasteiger partial charge >= 0.3 is 0 Å². The van der Waals surface area contributed by atoms with E-state index in [0.29, 0.717) is 12.2 Å². The van der Waals surface area contributed by atoms with E-state index in [1.54, 1.807) is 12.1 Å². The molecule has 3 rings (SSSR count). The minimum atomic E-state index is -3.80. The molecule has 5 nitrogen and oxygen atoms in total. The molecule has 0 fully saturated rings. The maximum Gasteiger partial charge on any atom is 0.265 e. The minimum absolute atomic E-state index is 0.0571. The van der Waals surface area contributed by atoms with Crippen LogP contribution in [0.5, 0.6) is 0 Å². The fourth-order valence-corrected chi connectivity index (χ4v) is 4.70. The van der Waals surface area contributed by atoms with Crippen molar-refractivity contribution in [2.45, 2.75) is 17.4 Å². The second kappa shape index (κ2) is 6.27. The Morgan fingerprint density at radius 3 is 2.50 bits per heavy atom. The van der Waals surface area contributed by atoms with Crippen LogP contribution in [0.3, 0.4) is 0 Å². The highest BCUT2D eigenvalue weighted by Gasteiger charge is 2.34. The van der Waals surface area contributed by atoms with Gasteiger partial charge in [0.05, 0.1) is 17.8 Å². The SMILES string of the molecule is CN(C)[C@H]1Cc2ccccc2N(S(=O)(=O)c2ccccc2C#N)C1. The summed E-state index contributed by atoms with van der Waals surface area (Å²) in [5, 5.41) is 9.27. The van der Waals surface area contributed by atoms with E-state index in [-0.39, 0.29) is 16.5 Å². The lowest BCUT2D eigenvalue weighted by Crippen LogP contribution is -2.48. The Morgan fingerprint density at radius 1 is 1.12 bits per heavy atom. The predicted molar refractivity (Wildman–Crippen MR) is 93.3 cm³/mol. The average Bonchev–Trinajstić information content (AvgIpc) is 2.60. The van der Waals surface area contributed by atoms with Gasteiger partial charge in [-0.1, -0.05) is 30.3 Å². The summed E-state index contributed by atoms with van der Waals surface area (Å²) in [5.41, 5.74) is 1.87. The molecule has 0 bridgehead atoms. The molecule has 1 atom stereocenters. The topological polar surface area (TPSA) is 64.4 Å². The lowest BCUT2D eigenvalue weighted by atomic mass is 9.99. The number of fused-ring (bicyclic) bond motifs is 1. The zero-order chi connectivity index (χ0) is 17.3. The zero-order valence-electron chi connectivity index (χ0n) is 13.7. The molecule has 0 N–H and O–H groups in total. The highest BCUT2D eigenvalue weighted by molar-refractivity contribution is 7.93. The third-order valence-corrected chi connectivity index (χ3v) is 6.24. The van der Waals surface area contributed by atoms with Gasteiger partial charge in [-0.2, -0.15) is 5.26 Å². The smallest absolute Gasteiger partial charge is 0.265 e. The van der Waals surface area contributed by atoms with Crippen LogP contribution in [0, 0.1) is 11.3 Å². The number of sulfonamides is 1. The number of benzene rings is 2. The van der Waals surface area contributed by atoms with Crippen LogP contribution in [0.15, 0.2) is 53.4 Å². The van der Waals surface area contributed by atoms with Crippen LogP contribution in [0.25, 0.3) is 0 Å². The molecule has 1 aliphatic heterocycles. The van der Waals surface area contributed by atoms with Crippen LogP contribution in [-0.4, -0.2) is 40.0 Å². The van der Waals surface area contributed by atoms with E-state index in [1.807, 2.05) is 49.3 Å². The van der Waals surface area contributed by atoms with Crippen molar-refractivity contribution < 1.29 is 8.42 Å². The van der Waals surface area contributed by atoms with Crippen LogP contribution >= 0.6 is 0 Å². The molecule has 1 heterocycles. The lowest BCUT2D eigenvalue weighted by molar-refractivity contribution is 0.293. The largest absolute Gasteiger partial charge is 0.304 e. The quantitative estimate of drug-likeness (QED) is 0.859. The second-order valence-electron chi connectivity index (χ2n) is 6.09. The molecule has 124 valence electrons. The van der Waals surface area contributed by atoms with Gasteiger partial charge in [0.2, 0.25) is 0 Å². The normalized spacial score (nSPS) is 17.4. The summed E-state index contributed by atoms with van der Waals surface area (Å²) >= 11 is 0. The molecule has 0 amide bonds. The molecule has 6 heteroatoms. The molecule has 24 heavy (non-hydrogen) atoms. The standard InChI is InChI=1S/C18H19N3O2S/c1-20(2)16-11-14-7-3-5-9-17(14)21(13-16)24(22,23)18-10-6-4-8-15(18)12-19/h3-10,16H,11,13H2,1-2H3/t16-/m0/s1. The number of nitrogens with zero attached hydrogens (tertiary/aromatic N) is 3. The minimum Gasteiger partial charge on any atom is -0.304 e. The number of hydrogen-bond acceptors (Lipinski definition) is 4. The van der Waals surface area contributed by atoms with E-state index in [0.717, 1.165) is 12.0 Å². The van der Waals surface area contributed by atoms with Gasteiger partial charge in [0.1, 0.15) is 11.0 Å². The van der Waals surface area contributed by atoms with E-state index in [9.17, 15) is 13.7 Å². The first-order chi connectivity index (χ1) is 11.4. The molecule has 0 aliphatic carbocycles. The third kappa shape index (κ3) is 2.77. The molecule has 0 radical (unpaired) electrons. The van der Waals surface area contributed by atoms with Crippen LogP contribution in [0.1, 0.15) is 11.1 Å². The number of anilines is 1. The Labute approximate surface area is 142 Å². The van der Waals surface area contributed by atoms with Gasteiger partial charge in [0.15, 0.2) is 0 Å². The number of likely N-dealkylation sites (N-methyl/N-ethyl adjacent to an activating group) is 1. The summed E-state index contributed by atoms with van der Waals surface area (Å²) in [6.45, 7) is 0.367. The van der Waals surface area contributed by atoms with Gasteiger partial charge in [-0.25, -0.2) is 8.42 Å². The molecule has 0 spiro atoms. The van der Waals surface area contributed by atoms with Gasteiger partial charge in [-0.05, 0) is 44.3 Å². The van der Waals surface area contributed by atoms with Gasteiger partial charge < -0.3 is 4.90 Å². The molecule has 0 saturated carbocycles. The highest BCUT2D eigenvalue weighted by atomic mass is 32.2. The maximum absolute atomic E-state index is 13.3. The van der Waals surface area contributed by atoms with Gasteiger partial charge in [-0.3, -0.25) is 4.31 Å². The van der Waals surface area contributed by atoms with Crippen molar-refractivity contribution in [1.82, 2.24) is 4.90 Å². The fraction of sp³-hybridized carbons (Fsp3) is 0.278. The Bertz CT molecular complexity index is 900. The Kier molecular flexibility index (Phi) is 4.31. The van der Waals surface area contributed by atoms with Crippen molar-refractivity contribution in [3.63, 3.8) is 0 Å². The Morgan fingerprint density at radius 2 is 1.79 bits per heavy atom. The fourth-order valence-electron chi connectivity index (χ4n) is 3.01. The van der Waals surface area contributed by atoms with Crippen molar-refractivity contribution in [1.29, 1.82) is 5.26 Å². The summed E-state index contributed by atoms with van der Waals surface area (Å²) < 4.78 is 27.9. The van der Waals surface area contributed by atoms with Crippen LogP contribution < -0.4 is 4.31 Å². The van der Waals surface area contributed by atoms with Crippen molar-refractivity contribution in [2.24, 2.45) is 0 Å². The summed E-state index contributed by atoms with van der Waals surface area (Å²) in [4.78, 5) is 2.09. The molecule has 2 aromatic rings. The first-order valence-corrected chi connectivity index (χ1v) is 9.15. The number of nitriles is 1. The Hall–Kier alpha value is -2.36. The van der Waals surface area contributed by atoms with E-state index in [1.165, 1.54) is 16.4 Å². The maximum atomic E-state index is 13.3. The van der Waals surface area contributed by atoms with Crippen molar-refractivity contribution >= 4 is 15.7 Å². The van der Waals surface area contributed by atoms with Crippen molar-refractivity contribution in [2.75, 3.05) is 24.9 Å². The van der Waals surface area contributed by atoms with Crippen LogP contribution in [0.2, 0.25) is 0 Å². The highest BCUT2D eigenvalue weighted by Crippen LogP contribution is 2.33. The predicted octanol–water partition coefficient (Wildman–Crippen LogP) is 2.24. The van der Waals surface area contributed by atoms with E-state index < -0.39 is 10.0 Å². The molecule has 0 saturated heterocycles. The van der Waals surface area contributed by atoms with Crippen molar-refractivity contribution in [3.8, 4) is 6.07 Å². The lowest BCUT2D eigenvalue weighted by Gasteiger charge is -2.38. The number of para-hydroxylation sites is 1. The molecular formula is C18H19N3O2S. The van der Waals surface area contributed by atoms with E-state index in [2.05, 4.69) is 0 Å². The summed E-state index contributed by atoms with van der Waals surface area (Å²) in [7, 11) is 0.102. The summed E-state index contributed by atoms with van der Waals surface area (Å²) in [6, 6.07) is 16.0. The molecule has 0 aromatic heterocycles. The average molecular weight is 341 g/mol. The van der Waals surface area contributed by atoms with Gasteiger partial charge in [0.25, 0.3) is 10.0 Å². The van der Waals surface area contributed by atoms with Gasteiger partial charge in [0, 0.05) is 6.04 Å². The van der Waals surface area contributed by atoms with Gasteiger partial charge in [-0.15, -0.1) is 0 Å². The van der Waals surface area contributed by atoms with Crippen LogP contribution in [-0.2, 0) is 16.4 Å². The number of hydrogen-bond donors (Lipinski definition) is 0. The molecule has 2 aromatic carbocycles. The van der Waals surface area contributed by atoms with E-state index in [4.69, 9.17) is 0 Å². The molecule has 0 unspecified atom stereocenters. The van der Waals surface area contributed by atoms with E-state index >= 15 is 0 Å². The second-order valence-corrected chi connectivity index (χ2v) is 7.93. The molecular weight excluding hydrogens is 322 g/mol. The molecule has 1 aliphatic rings. The third-order valence-electron chi connectivity index (χ3n) is 4.40. The number of rotatable bonds is 3. The summed E-state index contributed by atoms with van der Waals surface area (Å²) in [5.74, 6) is 0. The Balaban J connectivity index is 2.15. The zero-order valence-corrected chi connectivity index (χ0v) is 14.5.